The van der Waals surface area contributed by atoms with Gasteiger partial charge in [-0.3, -0.25) is 0 Å². The van der Waals surface area contributed by atoms with Gasteiger partial charge in [0.15, 0.2) is 5.82 Å². The van der Waals surface area contributed by atoms with E-state index in [1.54, 1.807) is 30.3 Å². The molecule has 0 atom stereocenters. The van der Waals surface area contributed by atoms with Crippen molar-refractivity contribution in [3.05, 3.63) is 64.5 Å². The Kier molecular flexibility index (Phi) is 4.55. The van der Waals surface area contributed by atoms with Crippen molar-refractivity contribution in [1.82, 2.24) is 15.2 Å². The maximum Gasteiger partial charge on any atom is 0.249 e. The van der Waals surface area contributed by atoms with Crippen molar-refractivity contribution in [3.8, 4) is 0 Å². The number of hydrogen-bond acceptors (Lipinski definition) is 5. The minimum Gasteiger partial charge on any atom is -0.339 e. The van der Waals surface area contributed by atoms with Crippen LogP contribution in [0.25, 0.3) is 0 Å². The first-order valence-corrected chi connectivity index (χ1v) is 7.31. The van der Waals surface area contributed by atoms with Gasteiger partial charge in [0.2, 0.25) is 5.95 Å². The van der Waals surface area contributed by atoms with E-state index in [4.69, 9.17) is 23.2 Å². The fraction of sp³-hybridized carbons (Fsp3) is 0. The highest BCUT2D eigenvalue weighted by atomic mass is 35.5. The van der Waals surface area contributed by atoms with Crippen molar-refractivity contribution < 1.29 is 4.39 Å². The van der Waals surface area contributed by atoms with Crippen LogP contribution in [0.4, 0.5) is 27.5 Å². The van der Waals surface area contributed by atoms with Gasteiger partial charge in [-0.1, -0.05) is 35.3 Å². The number of rotatable bonds is 4. The summed E-state index contributed by atoms with van der Waals surface area (Å²) in [4.78, 5) is 4.24. The van der Waals surface area contributed by atoms with Gasteiger partial charge in [-0.25, -0.2) is 4.39 Å². The average molecular weight is 350 g/mol. The van der Waals surface area contributed by atoms with Crippen LogP contribution in [-0.2, 0) is 0 Å². The number of halogens is 3. The molecule has 0 fully saturated rings. The Balaban J connectivity index is 1.81. The van der Waals surface area contributed by atoms with Crippen LogP contribution in [0, 0.1) is 5.82 Å². The molecular formula is C15H10Cl2FN5. The quantitative estimate of drug-likeness (QED) is 0.707. The molecule has 0 amide bonds. The molecular weight excluding hydrogens is 340 g/mol. The van der Waals surface area contributed by atoms with Crippen LogP contribution in [0.2, 0.25) is 10.0 Å². The Morgan fingerprint density at radius 1 is 1.00 bits per heavy atom. The minimum absolute atomic E-state index is 0.232. The van der Waals surface area contributed by atoms with E-state index in [1.165, 1.54) is 18.3 Å². The summed E-state index contributed by atoms with van der Waals surface area (Å²) in [5.41, 5.74) is 1.11. The lowest BCUT2D eigenvalue weighted by Gasteiger charge is -2.09. The van der Waals surface area contributed by atoms with Crippen molar-refractivity contribution in [2.24, 2.45) is 0 Å². The second-order valence-electron chi connectivity index (χ2n) is 4.53. The fourth-order valence-electron chi connectivity index (χ4n) is 1.85. The lowest BCUT2D eigenvalue weighted by molar-refractivity contribution is 0.628. The average Bonchev–Trinajstić information content (AvgIpc) is 2.52. The van der Waals surface area contributed by atoms with Crippen LogP contribution < -0.4 is 10.6 Å². The topological polar surface area (TPSA) is 62.7 Å². The number of anilines is 4. The van der Waals surface area contributed by atoms with E-state index in [2.05, 4.69) is 25.8 Å². The molecule has 0 radical (unpaired) electrons. The fourth-order valence-corrected chi connectivity index (χ4v) is 2.20. The number of nitrogens with one attached hydrogen (secondary N) is 2. The van der Waals surface area contributed by atoms with E-state index in [0.717, 1.165) is 0 Å². The zero-order valence-electron chi connectivity index (χ0n) is 11.6. The van der Waals surface area contributed by atoms with Crippen molar-refractivity contribution in [3.63, 3.8) is 0 Å². The highest BCUT2D eigenvalue weighted by molar-refractivity contribution is 6.43. The third-order valence-corrected chi connectivity index (χ3v) is 3.67. The molecule has 2 aromatic carbocycles. The molecule has 0 aliphatic heterocycles. The van der Waals surface area contributed by atoms with Gasteiger partial charge in [-0.05, 0) is 30.3 Å². The molecule has 0 unspecified atom stereocenters. The van der Waals surface area contributed by atoms with E-state index in [1.807, 2.05) is 0 Å². The molecule has 0 saturated carbocycles. The molecule has 0 bridgehead atoms. The summed E-state index contributed by atoms with van der Waals surface area (Å²) in [5.74, 6) is 0.294. The van der Waals surface area contributed by atoms with Crippen LogP contribution >= 0.6 is 23.2 Å². The zero-order chi connectivity index (χ0) is 16.2. The zero-order valence-corrected chi connectivity index (χ0v) is 13.1. The third kappa shape index (κ3) is 3.85. The number of nitrogens with zero attached hydrogens (tertiary/aromatic N) is 3. The molecule has 0 saturated heterocycles. The Morgan fingerprint density at radius 2 is 1.83 bits per heavy atom. The van der Waals surface area contributed by atoms with Crippen LogP contribution in [0.15, 0.2) is 48.7 Å². The van der Waals surface area contributed by atoms with E-state index >= 15 is 0 Å². The first-order valence-electron chi connectivity index (χ1n) is 6.55. The molecule has 0 spiro atoms. The number of aromatic nitrogens is 3. The molecule has 23 heavy (non-hydrogen) atoms. The standard InChI is InChI=1S/C15H10Cl2FN5/c16-11-5-2-6-12(14(11)17)21-15-22-13(8-19-23-15)20-10-4-1-3-9(18)7-10/h1-8H,(H2,20,21,22,23). The highest BCUT2D eigenvalue weighted by Gasteiger charge is 2.07. The maximum atomic E-state index is 13.2. The monoisotopic (exact) mass is 349 g/mol. The van der Waals surface area contributed by atoms with Crippen molar-refractivity contribution >= 4 is 46.3 Å². The van der Waals surface area contributed by atoms with Gasteiger partial charge in [0.1, 0.15) is 5.82 Å². The normalized spacial score (nSPS) is 10.4. The Labute approximate surface area is 141 Å². The molecule has 5 nitrogen and oxygen atoms in total. The van der Waals surface area contributed by atoms with Crippen molar-refractivity contribution in [2.75, 3.05) is 10.6 Å². The molecule has 8 heteroatoms. The Bertz CT molecular complexity index is 844. The van der Waals surface area contributed by atoms with Gasteiger partial charge < -0.3 is 10.6 Å². The third-order valence-electron chi connectivity index (χ3n) is 2.85. The summed E-state index contributed by atoms with van der Waals surface area (Å²) in [6.07, 6.45) is 1.43. The van der Waals surface area contributed by atoms with Crippen LogP contribution in [0.5, 0.6) is 0 Å². The smallest absolute Gasteiger partial charge is 0.249 e. The summed E-state index contributed by atoms with van der Waals surface area (Å²) in [6, 6.07) is 11.2. The van der Waals surface area contributed by atoms with Crippen LogP contribution in [0.3, 0.4) is 0 Å². The van der Waals surface area contributed by atoms with E-state index in [-0.39, 0.29) is 11.8 Å². The lowest BCUT2D eigenvalue weighted by Crippen LogP contribution is -2.02. The highest BCUT2D eigenvalue weighted by Crippen LogP contribution is 2.31. The predicted molar refractivity (Wildman–Crippen MR) is 89.3 cm³/mol. The molecule has 1 aromatic heterocycles. The summed E-state index contributed by atoms with van der Waals surface area (Å²) in [5, 5.41) is 14.4. The minimum atomic E-state index is -0.346. The molecule has 3 rings (SSSR count). The summed E-state index contributed by atoms with van der Waals surface area (Å²) < 4.78 is 13.2. The first kappa shape index (κ1) is 15.5. The summed E-state index contributed by atoms with van der Waals surface area (Å²) >= 11 is 12.1. The number of benzene rings is 2. The van der Waals surface area contributed by atoms with E-state index < -0.39 is 0 Å². The molecule has 2 N–H and O–H groups in total. The first-order chi connectivity index (χ1) is 11.1. The van der Waals surface area contributed by atoms with Gasteiger partial charge in [-0.2, -0.15) is 10.1 Å². The second kappa shape index (κ2) is 6.76. The Hall–Kier alpha value is -2.44. The van der Waals surface area contributed by atoms with Crippen molar-refractivity contribution in [1.29, 1.82) is 0 Å². The summed E-state index contributed by atoms with van der Waals surface area (Å²) in [6.45, 7) is 0. The molecule has 116 valence electrons. The van der Waals surface area contributed by atoms with Crippen molar-refractivity contribution in [2.45, 2.75) is 0 Å². The van der Waals surface area contributed by atoms with Gasteiger partial charge >= 0.3 is 0 Å². The molecule has 3 aromatic rings. The van der Waals surface area contributed by atoms with Gasteiger partial charge in [0.05, 0.1) is 21.9 Å². The molecule has 1 heterocycles. The van der Waals surface area contributed by atoms with Gasteiger partial charge in [-0.15, -0.1) is 5.10 Å². The van der Waals surface area contributed by atoms with E-state index in [9.17, 15) is 4.39 Å². The predicted octanol–water partition coefficient (Wildman–Crippen LogP) is 4.80. The molecule has 0 aliphatic carbocycles. The maximum absolute atomic E-state index is 13.2. The van der Waals surface area contributed by atoms with Gasteiger partial charge in [0.25, 0.3) is 0 Å². The lowest BCUT2D eigenvalue weighted by atomic mass is 10.3. The summed E-state index contributed by atoms with van der Waals surface area (Å²) in [7, 11) is 0. The SMILES string of the molecule is Fc1cccc(Nc2cnnc(Nc3cccc(Cl)c3Cl)n2)c1. The molecule has 0 aliphatic rings. The second-order valence-corrected chi connectivity index (χ2v) is 5.31. The Morgan fingerprint density at radius 3 is 2.65 bits per heavy atom. The van der Waals surface area contributed by atoms with Crippen LogP contribution in [-0.4, -0.2) is 15.2 Å². The number of hydrogen-bond donors (Lipinski definition) is 2. The largest absolute Gasteiger partial charge is 0.339 e. The van der Waals surface area contributed by atoms with Gasteiger partial charge in [0, 0.05) is 5.69 Å². The van der Waals surface area contributed by atoms with Crippen LogP contribution in [0.1, 0.15) is 0 Å². The van der Waals surface area contributed by atoms with E-state index in [0.29, 0.717) is 27.2 Å².